The molecule has 0 bridgehead atoms. The molecule has 44 valence electrons. The highest BCUT2D eigenvalue weighted by molar-refractivity contribution is 5.75. The first kappa shape index (κ1) is 9.64. The van der Waals surface area contributed by atoms with E-state index in [0.29, 0.717) is 0 Å². The average Bonchev–Trinajstić information content (AvgIpc) is 1.36. The number of hydrogen-bond acceptors (Lipinski definition) is 1. The SMILES string of the molecule is CC(C)C(N)=O.F. The minimum atomic E-state index is -0.241. The second-order valence-corrected chi connectivity index (χ2v) is 1.56. The van der Waals surface area contributed by atoms with Gasteiger partial charge in [-0.3, -0.25) is 9.50 Å². The van der Waals surface area contributed by atoms with E-state index in [-0.39, 0.29) is 16.5 Å². The molecule has 0 aliphatic heterocycles. The first-order chi connectivity index (χ1) is 2.64. The summed E-state index contributed by atoms with van der Waals surface area (Å²) in [7, 11) is 0. The van der Waals surface area contributed by atoms with E-state index in [1.54, 1.807) is 13.8 Å². The maximum Gasteiger partial charge on any atom is 0.219 e. The highest BCUT2D eigenvalue weighted by Gasteiger charge is 1.96. The molecule has 0 aliphatic rings. The van der Waals surface area contributed by atoms with Gasteiger partial charge in [0.05, 0.1) is 0 Å². The lowest BCUT2D eigenvalue weighted by molar-refractivity contribution is -0.120. The second kappa shape index (κ2) is 3.59. The molecule has 2 N–H and O–H groups in total. The molecule has 0 saturated heterocycles. The van der Waals surface area contributed by atoms with Gasteiger partial charge in [-0.25, -0.2) is 0 Å². The van der Waals surface area contributed by atoms with Crippen LogP contribution in [0.3, 0.4) is 0 Å². The molecule has 7 heavy (non-hydrogen) atoms. The van der Waals surface area contributed by atoms with Crippen molar-refractivity contribution in [3.05, 3.63) is 0 Å². The summed E-state index contributed by atoms with van der Waals surface area (Å²) in [6.45, 7) is 3.53. The molecule has 0 heterocycles. The number of amides is 1. The zero-order valence-corrected chi connectivity index (χ0v) is 4.47. The summed E-state index contributed by atoms with van der Waals surface area (Å²) in [6.07, 6.45) is 0. The van der Waals surface area contributed by atoms with E-state index < -0.39 is 0 Å². The summed E-state index contributed by atoms with van der Waals surface area (Å²) in [6, 6.07) is 0. The molecule has 0 saturated carbocycles. The van der Waals surface area contributed by atoms with E-state index in [2.05, 4.69) is 0 Å². The van der Waals surface area contributed by atoms with Gasteiger partial charge in [-0.1, -0.05) is 13.8 Å². The van der Waals surface area contributed by atoms with Crippen molar-refractivity contribution in [2.45, 2.75) is 13.8 Å². The van der Waals surface area contributed by atoms with Crippen molar-refractivity contribution in [3.8, 4) is 0 Å². The lowest BCUT2D eigenvalue weighted by Gasteiger charge is -1.90. The Morgan fingerprint density at radius 3 is 1.71 bits per heavy atom. The lowest BCUT2D eigenvalue weighted by atomic mass is 10.2. The number of hydrogen-bond donors (Lipinski definition) is 1. The van der Waals surface area contributed by atoms with Crippen LogP contribution < -0.4 is 5.73 Å². The van der Waals surface area contributed by atoms with Crippen LogP contribution in [-0.2, 0) is 4.79 Å². The monoisotopic (exact) mass is 107 g/mol. The van der Waals surface area contributed by atoms with Gasteiger partial charge in [0.15, 0.2) is 0 Å². The Kier molecular flexibility index (Phi) is 4.94. The minimum Gasteiger partial charge on any atom is -0.369 e. The number of carbonyl (C=O) groups is 1. The summed E-state index contributed by atoms with van der Waals surface area (Å²) in [5, 5.41) is 0. The Labute approximate surface area is 42.1 Å². The van der Waals surface area contributed by atoms with Gasteiger partial charge in [-0.15, -0.1) is 0 Å². The van der Waals surface area contributed by atoms with Crippen molar-refractivity contribution >= 4 is 5.91 Å². The van der Waals surface area contributed by atoms with E-state index in [1.807, 2.05) is 0 Å². The molecule has 0 aliphatic carbocycles. The molecule has 0 fully saturated rings. The standard InChI is InChI=1S/C4H9NO.FH/c1-3(2)4(5)6;/h3H,1-2H3,(H2,5,6);1H. The quantitative estimate of drug-likeness (QED) is 0.514. The summed E-state index contributed by atoms with van der Waals surface area (Å²) in [5.74, 6) is -0.250. The van der Waals surface area contributed by atoms with E-state index in [9.17, 15) is 4.79 Å². The third-order valence-corrected chi connectivity index (χ3v) is 0.569. The van der Waals surface area contributed by atoms with Crippen molar-refractivity contribution < 1.29 is 9.50 Å². The van der Waals surface area contributed by atoms with E-state index in [4.69, 9.17) is 5.73 Å². The molecular weight excluding hydrogens is 97.0 g/mol. The summed E-state index contributed by atoms with van der Waals surface area (Å²) < 4.78 is 0. The van der Waals surface area contributed by atoms with Crippen LogP contribution in [0.2, 0.25) is 0 Å². The van der Waals surface area contributed by atoms with Crippen molar-refractivity contribution in [3.63, 3.8) is 0 Å². The first-order valence-electron chi connectivity index (χ1n) is 1.94. The van der Waals surface area contributed by atoms with Crippen molar-refractivity contribution in [2.24, 2.45) is 11.7 Å². The van der Waals surface area contributed by atoms with Crippen LogP contribution >= 0.6 is 0 Å². The highest BCUT2D eigenvalue weighted by atomic mass is 19.0. The van der Waals surface area contributed by atoms with E-state index in [1.165, 1.54) is 0 Å². The van der Waals surface area contributed by atoms with Crippen molar-refractivity contribution in [2.75, 3.05) is 0 Å². The van der Waals surface area contributed by atoms with E-state index in [0.717, 1.165) is 0 Å². The Hall–Kier alpha value is -0.600. The fourth-order valence-corrected chi connectivity index (χ4v) is 0. The van der Waals surface area contributed by atoms with Gasteiger partial charge in [0.25, 0.3) is 0 Å². The Balaban J connectivity index is 0. The van der Waals surface area contributed by atoms with Crippen LogP contribution in [0.25, 0.3) is 0 Å². The van der Waals surface area contributed by atoms with Gasteiger partial charge in [-0.05, 0) is 0 Å². The molecule has 0 spiro atoms. The van der Waals surface area contributed by atoms with Gasteiger partial charge in [-0.2, -0.15) is 0 Å². The van der Waals surface area contributed by atoms with Gasteiger partial charge in [0.2, 0.25) is 5.91 Å². The van der Waals surface area contributed by atoms with Crippen LogP contribution in [-0.4, -0.2) is 5.91 Å². The summed E-state index contributed by atoms with van der Waals surface area (Å²) in [4.78, 5) is 9.92. The minimum absolute atomic E-state index is 0. The predicted molar refractivity (Wildman–Crippen MR) is 26.5 cm³/mol. The molecule has 1 amide bonds. The Morgan fingerprint density at radius 2 is 1.71 bits per heavy atom. The number of carbonyl (C=O) groups excluding carboxylic acids is 1. The van der Waals surface area contributed by atoms with Gasteiger partial charge in [0, 0.05) is 5.92 Å². The average molecular weight is 107 g/mol. The van der Waals surface area contributed by atoms with Gasteiger partial charge < -0.3 is 5.73 Å². The fraction of sp³-hybridized carbons (Fsp3) is 0.750. The largest absolute Gasteiger partial charge is 0.369 e. The smallest absolute Gasteiger partial charge is 0.219 e. The summed E-state index contributed by atoms with van der Waals surface area (Å²) in [5.41, 5.74) is 4.80. The zero-order valence-electron chi connectivity index (χ0n) is 4.47. The number of halogens is 1. The van der Waals surface area contributed by atoms with Crippen LogP contribution in [0.15, 0.2) is 0 Å². The highest BCUT2D eigenvalue weighted by Crippen LogP contribution is 1.84. The molecule has 0 rings (SSSR count). The number of primary amides is 1. The van der Waals surface area contributed by atoms with Crippen molar-refractivity contribution in [1.29, 1.82) is 0 Å². The van der Waals surface area contributed by atoms with E-state index >= 15 is 0 Å². The molecule has 2 nitrogen and oxygen atoms in total. The van der Waals surface area contributed by atoms with Crippen molar-refractivity contribution in [1.82, 2.24) is 0 Å². The van der Waals surface area contributed by atoms with Gasteiger partial charge in [0.1, 0.15) is 0 Å². The van der Waals surface area contributed by atoms with Crippen LogP contribution in [0, 0.1) is 5.92 Å². The third kappa shape index (κ3) is 5.40. The zero-order chi connectivity index (χ0) is 5.15. The molecule has 0 aromatic rings. The molecular formula is C4H10FNO. The number of nitrogens with two attached hydrogens (primary N) is 1. The van der Waals surface area contributed by atoms with Crippen LogP contribution in [0.4, 0.5) is 4.70 Å². The van der Waals surface area contributed by atoms with Gasteiger partial charge >= 0.3 is 0 Å². The number of rotatable bonds is 1. The first-order valence-corrected chi connectivity index (χ1v) is 1.94. The fourth-order valence-electron chi connectivity index (χ4n) is 0. The maximum atomic E-state index is 9.92. The lowest BCUT2D eigenvalue weighted by Crippen LogP contribution is -2.17. The summed E-state index contributed by atoms with van der Waals surface area (Å²) >= 11 is 0. The van der Waals surface area contributed by atoms with Crippen LogP contribution in [0.5, 0.6) is 0 Å². The topological polar surface area (TPSA) is 43.1 Å². The second-order valence-electron chi connectivity index (χ2n) is 1.56. The molecule has 0 aromatic heterocycles. The normalized spacial score (nSPS) is 7.86. The molecule has 3 heteroatoms. The third-order valence-electron chi connectivity index (χ3n) is 0.569. The Bertz CT molecular complexity index is 62.7. The molecule has 0 atom stereocenters. The molecule has 0 unspecified atom stereocenters. The van der Waals surface area contributed by atoms with Crippen LogP contribution in [0.1, 0.15) is 13.8 Å². The maximum absolute atomic E-state index is 9.92. The molecule has 0 radical (unpaired) electrons. The molecule has 0 aromatic carbocycles. The Morgan fingerprint density at radius 1 is 1.57 bits per heavy atom. The predicted octanol–water partition coefficient (Wildman–Crippen LogP) is 0.280.